The average molecular weight is 306 g/mol. The highest BCUT2D eigenvalue weighted by molar-refractivity contribution is 7.89. The van der Waals surface area contributed by atoms with Gasteiger partial charge in [-0.25, -0.2) is 13.1 Å². The van der Waals surface area contributed by atoms with Crippen molar-refractivity contribution in [2.75, 3.05) is 0 Å². The predicted octanol–water partition coefficient (Wildman–Crippen LogP) is 2.55. The second kappa shape index (κ2) is 6.70. The van der Waals surface area contributed by atoms with Crippen LogP contribution in [0.1, 0.15) is 32.8 Å². The molecule has 0 aliphatic carbocycles. The molecule has 2 N–H and O–H groups in total. The molecule has 19 heavy (non-hydrogen) atoms. The molecule has 1 aromatic carbocycles. The maximum atomic E-state index is 12.2. The first kappa shape index (κ1) is 16.4. The van der Waals surface area contributed by atoms with Gasteiger partial charge in [-0.15, -0.1) is 0 Å². The number of aliphatic hydroxyl groups excluding tert-OH is 1. The van der Waals surface area contributed by atoms with Gasteiger partial charge in [0.2, 0.25) is 10.0 Å². The van der Waals surface area contributed by atoms with Gasteiger partial charge in [0.25, 0.3) is 0 Å². The lowest BCUT2D eigenvalue weighted by Gasteiger charge is -2.20. The second-order valence-corrected chi connectivity index (χ2v) is 6.83. The predicted molar refractivity (Wildman–Crippen MR) is 76.6 cm³/mol. The molecular weight excluding hydrogens is 286 g/mol. The molecule has 1 aromatic rings. The SMILES string of the molecule is CCC(C)C(C)NS(=O)(=O)c1ccc(CO)c(Cl)c1. The monoisotopic (exact) mass is 305 g/mol. The van der Waals surface area contributed by atoms with Gasteiger partial charge in [0.15, 0.2) is 0 Å². The first-order valence-corrected chi connectivity index (χ1v) is 8.09. The van der Waals surface area contributed by atoms with Crippen LogP contribution in [0.5, 0.6) is 0 Å². The fraction of sp³-hybridized carbons (Fsp3) is 0.538. The molecule has 1 rings (SSSR count). The Balaban J connectivity index is 2.98. The number of benzene rings is 1. The van der Waals surface area contributed by atoms with Crippen LogP contribution in [-0.2, 0) is 16.6 Å². The van der Waals surface area contributed by atoms with Crippen molar-refractivity contribution in [3.8, 4) is 0 Å². The van der Waals surface area contributed by atoms with E-state index in [2.05, 4.69) is 4.72 Å². The van der Waals surface area contributed by atoms with Gasteiger partial charge in [-0.2, -0.15) is 0 Å². The summed E-state index contributed by atoms with van der Waals surface area (Å²) in [6, 6.07) is 4.18. The molecule has 0 aromatic heterocycles. The van der Waals surface area contributed by atoms with Crippen molar-refractivity contribution in [3.63, 3.8) is 0 Å². The van der Waals surface area contributed by atoms with Crippen LogP contribution in [0.3, 0.4) is 0 Å². The van der Waals surface area contributed by atoms with E-state index in [1.807, 2.05) is 20.8 Å². The van der Waals surface area contributed by atoms with Crippen molar-refractivity contribution in [2.45, 2.75) is 44.7 Å². The zero-order valence-corrected chi connectivity index (χ0v) is 12.9. The van der Waals surface area contributed by atoms with E-state index in [0.29, 0.717) is 5.56 Å². The number of halogens is 1. The van der Waals surface area contributed by atoms with Crippen molar-refractivity contribution < 1.29 is 13.5 Å². The average Bonchev–Trinajstić information content (AvgIpc) is 2.37. The van der Waals surface area contributed by atoms with Crippen molar-refractivity contribution in [2.24, 2.45) is 5.92 Å². The Labute approximate surface area is 119 Å². The number of sulfonamides is 1. The summed E-state index contributed by atoms with van der Waals surface area (Å²) in [5, 5.41) is 9.26. The van der Waals surface area contributed by atoms with Crippen LogP contribution in [0.2, 0.25) is 5.02 Å². The van der Waals surface area contributed by atoms with E-state index in [4.69, 9.17) is 16.7 Å². The van der Waals surface area contributed by atoms with Crippen molar-refractivity contribution in [1.29, 1.82) is 0 Å². The van der Waals surface area contributed by atoms with Crippen LogP contribution in [0.25, 0.3) is 0 Å². The van der Waals surface area contributed by atoms with Crippen LogP contribution in [-0.4, -0.2) is 19.6 Å². The van der Waals surface area contributed by atoms with Gasteiger partial charge in [-0.3, -0.25) is 0 Å². The van der Waals surface area contributed by atoms with Crippen LogP contribution < -0.4 is 4.72 Å². The van der Waals surface area contributed by atoms with E-state index in [0.717, 1.165) is 6.42 Å². The third-order valence-electron chi connectivity index (χ3n) is 3.34. The Bertz CT molecular complexity index is 531. The van der Waals surface area contributed by atoms with Crippen LogP contribution in [0.15, 0.2) is 23.1 Å². The summed E-state index contributed by atoms with van der Waals surface area (Å²) in [6.07, 6.45) is 0.897. The highest BCUT2D eigenvalue weighted by Crippen LogP contribution is 2.21. The Morgan fingerprint density at radius 3 is 2.47 bits per heavy atom. The Morgan fingerprint density at radius 2 is 2.00 bits per heavy atom. The maximum absolute atomic E-state index is 12.2. The standard InChI is InChI=1S/C13H20ClNO3S/c1-4-9(2)10(3)15-19(17,18)12-6-5-11(8-16)13(14)7-12/h5-7,9-10,15-16H,4,8H2,1-3H3. The third kappa shape index (κ3) is 4.18. The highest BCUT2D eigenvalue weighted by atomic mass is 35.5. The molecule has 0 spiro atoms. The fourth-order valence-corrected chi connectivity index (χ4v) is 3.29. The van der Waals surface area contributed by atoms with E-state index < -0.39 is 10.0 Å². The molecule has 0 radical (unpaired) electrons. The van der Waals surface area contributed by atoms with Gasteiger partial charge in [-0.05, 0) is 30.5 Å². The van der Waals surface area contributed by atoms with E-state index in [-0.39, 0.29) is 28.5 Å². The van der Waals surface area contributed by atoms with E-state index in [9.17, 15) is 8.42 Å². The second-order valence-electron chi connectivity index (χ2n) is 4.71. The third-order valence-corrected chi connectivity index (χ3v) is 5.25. The van der Waals surface area contributed by atoms with Crippen LogP contribution in [0, 0.1) is 5.92 Å². The molecule has 6 heteroatoms. The van der Waals surface area contributed by atoms with Gasteiger partial charge in [0, 0.05) is 11.1 Å². The summed E-state index contributed by atoms with van der Waals surface area (Å²) in [4.78, 5) is 0.116. The minimum Gasteiger partial charge on any atom is -0.392 e. The molecule has 0 aliphatic heterocycles. The van der Waals surface area contributed by atoms with Gasteiger partial charge in [-0.1, -0.05) is 37.9 Å². The molecule has 2 unspecified atom stereocenters. The lowest BCUT2D eigenvalue weighted by Crippen LogP contribution is -2.36. The smallest absolute Gasteiger partial charge is 0.240 e. The van der Waals surface area contributed by atoms with Crippen molar-refractivity contribution in [3.05, 3.63) is 28.8 Å². The summed E-state index contributed by atoms with van der Waals surface area (Å²) in [5.74, 6) is 0.252. The van der Waals surface area contributed by atoms with Gasteiger partial charge in [0.05, 0.1) is 11.5 Å². The lowest BCUT2D eigenvalue weighted by molar-refractivity contribution is 0.282. The number of rotatable bonds is 6. The molecule has 0 bridgehead atoms. The van der Waals surface area contributed by atoms with E-state index in [1.165, 1.54) is 18.2 Å². The van der Waals surface area contributed by atoms with Crippen molar-refractivity contribution in [1.82, 2.24) is 4.72 Å². The van der Waals surface area contributed by atoms with Gasteiger partial charge in [0.1, 0.15) is 0 Å². The minimum atomic E-state index is -3.58. The molecule has 2 atom stereocenters. The largest absolute Gasteiger partial charge is 0.392 e. The number of hydrogen-bond donors (Lipinski definition) is 2. The quantitative estimate of drug-likeness (QED) is 0.849. The first-order chi connectivity index (χ1) is 8.81. The minimum absolute atomic E-state index is 0.116. The molecule has 108 valence electrons. The summed E-state index contributed by atoms with van der Waals surface area (Å²) in [5.41, 5.74) is 0.510. The van der Waals surface area contributed by atoms with Crippen molar-refractivity contribution >= 4 is 21.6 Å². The molecule has 0 aliphatic rings. The highest BCUT2D eigenvalue weighted by Gasteiger charge is 2.21. The Morgan fingerprint density at radius 1 is 1.37 bits per heavy atom. The van der Waals surface area contributed by atoms with Gasteiger partial charge >= 0.3 is 0 Å². The molecule has 0 amide bonds. The lowest BCUT2D eigenvalue weighted by atomic mass is 10.0. The molecule has 0 fully saturated rings. The summed E-state index contributed by atoms with van der Waals surface area (Å²) < 4.78 is 27.0. The van der Waals surface area contributed by atoms with E-state index in [1.54, 1.807) is 0 Å². The van der Waals surface area contributed by atoms with Crippen LogP contribution in [0.4, 0.5) is 0 Å². The fourth-order valence-electron chi connectivity index (χ4n) is 1.61. The molecule has 0 heterocycles. The molecule has 0 saturated carbocycles. The molecular formula is C13H20ClNO3S. The zero-order valence-electron chi connectivity index (χ0n) is 11.4. The van der Waals surface area contributed by atoms with Gasteiger partial charge < -0.3 is 5.11 Å². The number of aliphatic hydroxyl groups is 1. The summed E-state index contributed by atoms with van der Waals surface area (Å²) in [6.45, 7) is 5.64. The van der Waals surface area contributed by atoms with E-state index >= 15 is 0 Å². The molecule has 0 saturated heterocycles. The topological polar surface area (TPSA) is 66.4 Å². The zero-order chi connectivity index (χ0) is 14.6. The maximum Gasteiger partial charge on any atom is 0.240 e. The summed E-state index contributed by atoms with van der Waals surface area (Å²) in [7, 11) is -3.58. The summed E-state index contributed by atoms with van der Waals surface area (Å²) >= 11 is 5.91. The Kier molecular flexibility index (Phi) is 5.80. The normalized spacial score (nSPS) is 15.2. The van der Waals surface area contributed by atoms with Crippen LogP contribution >= 0.6 is 11.6 Å². The molecule has 4 nitrogen and oxygen atoms in total. The first-order valence-electron chi connectivity index (χ1n) is 6.23. The number of nitrogens with one attached hydrogen (secondary N) is 1. The number of hydrogen-bond acceptors (Lipinski definition) is 3. The Hall–Kier alpha value is -0.620.